The highest BCUT2D eigenvalue weighted by Gasteiger charge is 2.70. The first-order valence-corrected chi connectivity index (χ1v) is 20.4. The number of carboxylic acid groups (broad SMARTS) is 2. The Labute approximate surface area is 323 Å². The van der Waals surface area contributed by atoms with E-state index in [1.54, 1.807) is 0 Å². The number of rotatable bonds is 7. The summed E-state index contributed by atoms with van der Waals surface area (Å²) in [5.74, 6) is -1.95. The molecule has 5 aliphatic carbocycles. The van der Waals surface area contributed by atoms with Gasteiger partial charge in [0.2, 0.25) is 0 Å². The lowest BCUT2D eigenvalue weighted by Crippen LogP contribution is -2.67. The molecule has 14 nitrogen and oxygen atoms in total. The van der Waals surface area contributed by atoms with E-state index in [-0.39, 0.29) is 46.0 Å². The average Bonchev–Trinajstić information content (AvgIpc) is 3.12. The largest absolute Gasteiger partial charge is 0.481 e. The third-order valence-corrected chi connectivity index (χ3v) is 17.0. The minimum Gasteiger partial charge on any atom is -0.481 e. The topological polar surface area (TPSA) is 233 Å². The van der Waals surface area contributed by atoms with Crippen LogP contribution in [0, 0.1) is 50.2 Å². The molecule has 7 aliphatic rings. The SMILES string of the molecule is CC1(C)CC[C@]2(C(=O)O)CC[C@]3(C)C(=CC[C@@H]4[C@@]5(C)CC[C@H](O[C@@H]6O[C@H](C(=O)O)[C@@H](O[C@@H]7OC[C@H](O)[C@H](O)[C@H]7O)[C@H](O)[C@H]6O)[C@@](C)(CO)[C@@H]5CC[C@]43C)[C@@H]2C1. The highest BCUT2D eigenvalue weighted by atomic mass is 16.7. The molecule has 2 aliphatic heterocycles. The molecule has 0 aromatic rings. The lowest BCUT2D eigenvalue weighted by molar-refractivity contribution is -0.356. The average molecular weight is 781 g/mol. The van der Waals surface area contributed by atoms with E-state index in [9.17, 15) is 50.4 Å². The molecule has 312 valence electrons. The molecular weight excluding hydrogens is 716 g/mol. The zero-order valence-electron chi connectivity index (χ0n) is 33.1. The van der Waals surface area contributed by atoms with Crippen molar-refractivity contribution >= 4 is 11.9 Å². The number of carboxylic acids is 2. The fourth-order valence-corrected chi connectivity index (χ4v) is 13.4. The molecule has 4 saturated carbocycles. The zero-order valence-corrected chi connectivity index (χ0v) is 33.1. The first-order valence-electron chi connectivity index (χ1n) is 20.4. The van der Waals surface area contributed by atoms with Crippen LogP contribution in [-0.4, -0.2) is 127 Å². The quantitative estimate of drug-likeness (QED) is 0.137. The second-order valence-electron chi connectivity index (χ2n) is 20.1. The Balaban J connectivity index is 1.12. The van der Waals surface area contributed by atoms with Gasteiger partial charge in [0.05, 0.1) is 24.7 Å². The second-order valence-corrected chi connectivity index (χ2v) is 20.1. The maximum absolute atomic E-state index is 13.0. The standard InChI is InChI=1S/C41H64O14/c1-36(2)13-15-41(35(50)51)16-14-39(5)20(21(41)17-36)7-8-24-37(3)11-10-25(38(4,19-42)23(37)9-12-40(24,39)6)53-34-29(47)27(45)30(31(55-34)32(48)49)54-33-28(46)26(44)22(43)18-52-33/h7,21-31,33-34,42-47H,8-19H2,1-6H3,(H,48,49)(H,50,51)/t21-,22-,23+,24+,25-,26-,27+,28+,29+,30-,31-,33-,34+,37-,38-,39+,40+,41-/m0/s1. The van der Waals surface area contributed by atoms with Crippen LogP contribution < -0.4 is 0 Å². The fraction of sp³-hybridized carbons (Fsp3) is 0.902. The lowest BCUT2D eigenvalue weighted by Gasteiger charge is -2.71. The molecule has 0 spiro atoms. The van der Waals surface area contributed by atoms with Crippen LogP contribution >= 0.6 is 0 Å². The maximum Gasteiger partial charge on any atom is 0.335 e. The molecule has 6 fully saturated rings. The number of allylic oxidation sites excluding steroid dienone is 2. The van der Waals surface area contributed by atoms with E-state index in [2.05, 4.69) is 40.7 Å². The van der Waals surface area contributed by atoms with Crippen molar-refractivity contribution in [2.75, 3.05) is 13.2 Å². The summed E-state index contributed by atoms with van der Waals surface area (Å²) in [7, 11) is 0. The Morgan fingerprint density at radius 2 is 1.47 bits per heavy atom. The molecular formula is C41H64O14. The minimum atomic E-state index is -1.86. The van der Waals surface area contributed by atoms with Gasteiger partial charge in [0, 0.05) is 5.41 Å². The first-order chi connectivity index (χ1) is 25.6. The summed E-state index contributed by atoms with van der Waals surface area (Å²) < 4.78 is 23.1. The van der Waals surface area contributed by atoms with E-state index in [0.717, 1.165) is 44.9 Å². The molecule has 0 bridgehead atoms. The highest BCUT2D eigenvalue weighted by Crippen LogP contribution is 2.76. The summed E-state index contributed by atoms with van der Waals surface area (Å²) in [6, 6.07) is 0. The van der Waals surface area contributed by atoms with E-state index in [1.807, 2.05) is 6.92 Å². The smallest absolute Gasteiger partial charge is 0.335 e. The van der Waals surface area contributed by atoms with Gasteiger partial charge in [-0.1, -0.05) is 53.2 Å². The first kappa shape index (κ1) is 41.4. The van der Waals surface area contributed by atoms with Gasteiger partial charge in [0.15, 0.2) is 18.7 Å². The third kappa shape index (κ3) is 6.09. The number of aliphatic hydroxyl groups is 6. The Morgan fingerprint density at radius 3 is 2.13 bits per heavy atom. The monoisotopic (exact) mass is 780 g/mol. The number of aliphatic hydroxyl groups excluding tert-OH is 6. The van der Waals surface area contributed by atoms with Gasteiger partial charge < -0.3 is 59.8 Å². The van der Waals surface area contributed by atoms with Crippen LogP contribution in [0.3, 0.4) is 0 Å². The molecule has 0 radical (unpaired) electrons. The normalized spacial score (nSPS) is 53.5. The van der Waals surface area contributed by atoms with Gasteiger partial charge in [0.1, 0.15) is 36.6 Å². The van der Waals surface area contributed by atoms with Gasteiger partial charge in [-0.3, -0.25) is 4.79 Å². The Morgan fingerprint density at radius 1 is 0.800 bits per heavy atom. The molecule has 0 aromatic carbocycles. The number of fused-ring (bicyclic) bond motifs is 7. The van der Waals surface area contributed by atoms with Crippen molar-refractivity contribution in [2.24, 2.45) is 50.2 Å². The van der Waals surface area contributed by atoms with Crippen LogP contribution in [0.5, 0.6) is 0 Å². The molecule has 55 heavy (non-hydrogen) atoms. The summed E-state index contributed by atoms with van der Waals surface area (Å²) in [5.41, 5.74) is -0.662. The predicted octanol–water partition coefficient (Wildman–Crippen LogP) is 2.59. The number of hydrogen-bond donors (Lipinski definition) is 8. The molecule has 14 heteroatoms. The lowest BCUT2D eigenvalue weighted by atomic mass is 9.33. The number of aliphatic carboxylic acids is 2. The van der Waals surface area contributed by atoms with Crippen LogP contribution in [0.2, 0.25) is 0 Å². The van der Waals surface area contributed by atoms with Crippen molar-refractivity contribution in [3.8, 4) is 0 Å². The van der Waals surface area contributed by atoms with Crippen LogP contribution in [-0.2, 0) is 28.5 Å². The summed E-state index contributed by atoms with van der Waals surface area (Å²) in [6.45, 7) is 13.0. The Bertz CT molecular complexity index is 1540. The van der Waals surface area contributed by atoms with E-state index < -0.39 is 90.8 Å². The number of hydrogen-bond acceptors (Lipinski definition) is 12. The van der Waals surface area contributed by atoms with Gasteiger partial charge >= 0.3 is 11.9 Å². The van der Waals surface area contributed by atoms with Gasteiger partial charge in [-0.05, 0) is 104 Å². The van der Waals surface area contributed by atoms with Crippen molar-refractivity contribution in [2.45, 2.75) is 167 Å². The molecule has 0 unspecified atom stereocenters. The predicted molar refractivity (Wildman–Crippen MR) is 194 cm³/mol. The van der Waals surface area contributed by atoms with Gasteiger partial charge in [-0.15, -0.1) is 0 Å². The van der Waals surface area contributed by atoms with Crippen molar-refractivity contribution in [1.29, 1.82) is 0 Å². The van der Waals surface area contributed by atoms with Crippen molar-refractivity contribution in [3.05, 3.63) is 11.6 Å². The molecule has 8 N–H and O–H groups in total. The third-order valence-electron chi connectivity index (χ3n) is 17.0. The zero-order chi connectivity index (χ0) is 40.3. The van der Waals surface area contributed by atoms with E-state index in [1.165, 1.54) is 5.57 Å². The molecule has 2 saturated heterocycles. The van der Waals surface area contributed by atoms with E-state index in [0.29, 0.717) is 19.3 Å². The molecule has 0 amide bonds. The van der Waals surface area contributed by atoms with Crippen LogP contribution in [0.15, 0.2) is 11.6 Å². The molecule has 18 atom stereocenters. The summed E-state index contributed by atoms with van der Waals surface area (Å²) in [5, 5.41) is 84.8. The molecule has 0 aromatic heterocycles. The Kier molecular flexibility index (Phi) is 10.5. The van der Waals surface area contributed by atoms with Crippen LogP contribution in [0.1, 0.15) is 106 Å². The van der Waals surface area contributed by atoms with Crippen molar-refractivity contribution in [1.82, 2.24) is 0 Å². The van der Waals surface area contributed by atoms with E-state index >= 15 is 0 Å². The second kappa shape index (κ2) is 13.9. The summed E-state index contributed by atoms with van der Waals surface area (Å²) in [4.78, 5) is 25.5. The van der Waals surface area contributed by atoms with Crippen molar-refractivity contribution in [3.63, 3.8) is 0 Å². The highest BCUT2D eigenvalue weighted by molar-refractivity contribution is 5.76. The number of carbonyl (C=O) groups is 2. The van der Waals surface area contributed by atoms with E-state index in [4.69, 9.17) is 18.9 Å². The van der Waals surface area contributed by atoms with Gasteiger partial charge in [0.25, 0.3) is 0 Å². The van der Waals surface area contributed by atoms with Gasteiger partial charge in [-0.25, -0.2) is 4.79 Å². The molecule has 2 heterocycles. The fourth-order valence-electron chi connectivity index (χ4n) is 13.4. The Hall–Kier alpha value is -1.72. The minimum absolute atomic E-state index is 0.000650. The maximum atomic E-state index is 13.0. The number of ether oxygens (including phenoxy) is 4. The summed E-state index contributed by atoms with van der Waals surface area (Å²) in [6.07, 6.45) is -5.84. The van der Waals surface area contributed by atoms with Crippen molar-refractivity contribution < 1.29 is 69.4 Å². The van der Waals surface area contributed by atoms with Gasteiger partial charge in [-0.2, -0.15) is 0 Å². The summed E-state index contributed by atoms with van der Waals surface area (Å²) >= 11 is 0. The molecule has 7 rings (SSSR count). The van der Waals surface area contributed by atoms with Crippen LogP contribution in [0.25, 0.3) is 0 Å². The van der Waals surface area contributed by atoms with Crippen LogP contribution in [0.4, 0.5) is 0 Å².